The number of ether oxygens (including phenoxy) is 1. The van der Waals surface area contributed by atoms with Gasteiger partial charge >= 0.3 is 5.97 Å². The smallest absolute Gasteiger partial charge is 0.345 e. The third-order valence-corrected chi connectivity index (χ3v) is 6.01. The van der Waals surface area contributed by atoms with Crippen molar-refractivity contribution in [3.05, 3.63) is 15.8 Å². The Morgan fingerprint density at radius 1 is 1.55 bits per heavy atom. The summed E-state index contributed by atoms with van der Waals surface area (Å²) in [6.45, 7) is 4.13. The van der Waals surface area contributed by atoms with Crippen LogP contribution in [0.1, 0.15) is 34.3 Å². The molecule has 2 N–H and O–H groups in total. The average molecular weight is 319 g/mol. The van der Waals surface area contributed by atoms with Gasteiger partial charge in [-0.2, -0.15) is 0 Å². The molecule has 0 bridgehead atoms. The molecule has 0 aromatic carbocycles. The van der Waals surface area contributed by atoms with Crippen LogP contribution >= 0.6 is 11.3 Å². The van der Waals surface area contributed by atoms with Crippen molar-refractivity contribution in [2.24, 2.45) is 0 Å². The molecule has 0 saturated heterocycles. The van der Waals surface area contributed by atoms with Crippen molar-refractivity contribution in [3.8, 4) is 0 Å². The number of aryl methyl sites for hydroxylation is 1. The molecule has 0 radical (unpaired) electrons. The molecule has 6 nitrogen and oxygen atoms in total. The SMILES string of the molecule is CCOC1CC(NS(=O)(=O)c2cc(C(=O)O)sc2C)C1. The van der Waals surface area contributed by atoms with Crippen LogP contribution in [0.5, 0.6) is 0 Å². The first-order chi connectivity index (χ1) is 9.33. The number of thiophene rings is 1. The molecule has 2 rings (SSSR count). The molecule has 1 saturated carbocycles. The Kier molecular flexibility index (Phi) is 4.48. The molecule has 0 unspecified atom stereocenters. The van der Waals surface area contributed by atoms with E-state index in [9.17, 15) is 13.2 Å². The van der Waals surface area contributed by atoms with E-state index in [1.807, 2.05) is 6.92 Å². The summed E-state index contributed by atoms with van der Waals surface area (Å²) in [4.78, 5) is 11.4. The number of rotatable bonds is 6. The maximum atomic E-state index is 12.2. The zero-order valence-electron chi connectivity index (χ0n) is 11.3. The Balaban J connectivity index is 2.06. The Morgan fingerprint density at radius 2 is 2.20 bits per heavy atom. The van der Waals surface area contributed by atoms with Crippen LogP contribution in [0.25, 0.3) is 0 Å². The first-order valence-electron chi connectivity index (χ1n) is 6.31. The van der Waals surface area contributed by atoms with Gasteiger partial charge in [-0.25, -0.2) is 17.9 Å². The van der Waals surface area contributed by atoms with Crippen molar-refractivity contribution >= 4 is 27.3 Å². The summed E-state index contributed by atoms with van der Waals surface area (Å²) in [6.07, 6.45) is 1.43. The number of hydrogen-bond acceptors (Lipinski definition) is 5. The monoisotopic (exact) mass is 319 g/mol. The summed E-state index contributed by atoms with van der Waals surface area (Å²) in [6, 6.07) is 1.08. The molecular formula is C12H17NO5S2. The van der Waals surface area contributed by atoms with Gasteiger partial charge in [0.2, 0.25) is 10.0 Å². The van der Waals surface area contributed by atoms with Gasteiger partial charge in [-0.15, -0.1) is 11.3 Å². The van der Waals surface area contributed by atoms with Crippen LogP contribution in [-0.2, 0) is 14.8 Å². The summed E-state index contributed by atoms with van der Waals surface area (Å²) in [5.41, 5.74) is 0. The number of carboxylic acid groups (broad SMARTS) is 1. The predicted octanol–water partition coefficient (Wildman–Crippen LogP) is 1.60. The van der Waals surface area contributed by atoms with Crippen LogP contribution in [0.4, 0.5) is 0 Å². The second-order valence-corrected chi connectivity index (χ2v) is 7.64. The van der Waals surface area contributed by atoms with Gasteiger partial charge in [0.25, 0.3) is 0 Å². The Morgan fingerprint density at radius 3 is 2.70 bits per heavy atom. The Hall–Kier alpha value is -0.960. The minimum Gasteiger partial charge on any atom is -0.477 e. The molecule has 1 heterocycles. The third kappa shape index (κ3) is 3.20. The lowest BCUT2D eigenvalue weighted by atomic mass is 9.90. The zero-order chi connectivity index (χ0) is 14.9. The van der Waals surface area contributed by atoms with Gasteiger partial charge in [0.1, 0.15) is 4.88 Å². The van der Waals surface area contributed by atoms with Crippen molar-refractivity contribution < 1.29 is 23.1 Å². The van der Waals surface area contributed by atoms with E-state index in [4.69, 9.17) is 9.84 Å². The predicted molar refractivity (Wildman–Crippen MR) is 74.8 cm³/mol. The van der Waals surface area contributed by atoms with Gasteiger partial charge < -0.3 is 9.84 Å². The van der Waals surface area contributed by atoms with E-state index in [2.05, 4.69) is 4.72 Å². The van der Waals surface area contributed by atoms with Gasteiger partial charge in [0.15, 0.2) is 0 Å². The number of hydrogen-bond donors (Lipinski definition) is 2. The van der Waals surface area contributed by atoms with Crippen molar-refractivity contribution in [2.45, 2.75) is 43.7 Å². The highest BCUT2D eigenvalue weighted by Crippen LogP contribution is 2.29. The van der Waals surface area contributed by atoms with Gasteiger partial charge in [-0.1, -0.05) is 0 Å². The molecule has 0 atom stereocenters. The van der Waals surface area contributed by atoms with Crippen LogP contribution in [0.15, 0.2) is 11.0 Å². The quantitative estimate of drug-likeness (QED) is 0.831. The minimum absolute atomic E-state index is 0.0312. The fourth-order valence-electron chi connectivity index (χ4n) is 2.15. The molecule has 0 amide bonds. The van der Waals surface area contributed by atoms with E-state index in [0.29, 0.717) is 24.3 Å². The van der Waals surface area contributed by atoms with Gasteiger partial charge in [0, 0.05) is 17.5 Å². The molecular weight excluding hydrogens is 302 g/mol. The number of aromatic carboxylic acids is 1. The van der Waals surface area contributed by atoms with Crippen LogP contribution in [0.2, 0.25) is 0 Å². The fourth-order valence-corrected chi connectivity index (χ4v) is 4.85. The lowest BCUT2D eigenvalue weighted by Crippen LogP contribution is -2.47. The molecule has 20 heavy (non-hydrogen) atoms. The normalized spacial score (nSPS) is 22.5. The Labute approximate surface area is 121 Å². The van der Waals surface area contributed by atoms with Crippen LogP contribution in [0, 0.1) is 6.92 Å². The maximum Gasteiger partial charge on any atom is 0.345 e. The van der Waals surface area contributed by atoms with Gasteiger partial charge in [-0.3, -0.25) is 0 Å². The van der Waals surface area contributed by atoms with Crippen LogP contribution in [0.3, 0.4) is 0 Å². The van der Waals surface area contributed by atoms with Gasteiger partial charge in [-0.05, 0) is 32.8 Å². The summed E-state index contributed by atoms with van der Waals surface area (Å²) < 4.78 is 32.4. The first kappa shape index (κ1) is 15.4. The zero-order valence-corrected chi connectivity index (χ0v) is 12.9. The van der Waals surface area contributed by atoms with E-state index in [1.165, 1.54) is 6.07 Å². The second-order valence-electron chi connectivity index (χ2n) is 4.70. The minimum atomic E-state index is -3.66. The lowest BCUT2D eigenvalue weighted by molar-refractivity contribution is -0.00476. The second kappa shape index (κ2) is 5.80. The van der Waals surface area contributed by atoms with E-state index in [1.54, 1.807) is 6.92 Å². The molecule has 0 aliphatic heterocycles. The molecule has 112 valence electrons. The number of carboxylic acids is 1. The van der Waals surface area contributed by atoms with Crippen LogP contribution in [-0.4, -0.2) is 38.2 Å². The highest BCUT2D eigenvalue weighted by Gasteiger charge is 2.34. The molecule has 1 aliphatic rings. The topological polar surface area (TPSA) is 92.7 Å². The summed E-state index contributed by atoms with van der Waals surface area (Å²) in [7, 11) is -3.66. The van der Waals surface area contributed by atoms with Crippen molar-refractivity contribution in [1.82, 2.24) is 4.72 Å². The standard InChI is InChI=1S/C12H17NO5S2/c1-3-18-9-4-8(5-9)13-20(16,17)11-6-10(12(14)15)19-7(11)2/h6,8-9,13H,3-5H2,1-2H3,(H,14,15). The number of nitrogens with one attached hydrogen (secondary N) is 1. The Bertz CT molecular complexity index is 601. The first-order valence-corrected chi connectivity index (χ1v) is 8.61. The average Bonchev–Trinajstić information content (AvgIpc) is 2.69. The van der Waals surface area contributed by atoms with E-state index < -0.39 is 16.0 Å². The van der Waals surface area contributed by atoms with Crippen molar-refractivity contribution in [3.63, 3.8) is 0 Å². The number of carbonyl (C=O) groups is 1. The third-order valence-electron chi connectivity index (χ3n) is 3.19. The molecule has 1 aromatic heterocycles. The summed E-state index contributed by atoms with van der Waals surface area (Å²) in [5.74, 6) is -1.11. The fraction of sp³-hybridized carbons (Fsp3) is 0.583. The lowest BCUT2D eigenvalue weighted by Gasteiger charge is -2.35. The van der Waals surface area contributed by atoms with Crippen LogP contribution < -0.4 is 4.72 Å². The van der Waals surface area contributed by atoms with Gasteiger partial charge in [0.05, 0.1) is 11.0 Å². The van der Waals surface area contributed by atoms with Crippen molar-refractivity contribution in [2.75, 3.05) is 6.61 Å². The number of sulfonamides is 1. The van der Waals surface area contributed by atoms with Crippen molar-refractivity contribution in [1.29, 1.82) is 0 Å². The maximum absolute atomic E-state index is 12.2. The molecule has 8 heteroatoms. The molecule has 0 spiro atoms. The van der Waals surface area contributed by atoms with E-state index in [0.717, 1.165) is 11.3 Å². The molecule has 1 aromatic rings. The largest absolute Gasteiger partial charge is 0.477 e. The van der Waals surface area contributed by atoms with E-state index in [-0.39, 0.29) is 21.9 Å². The highest BCUT2D eigenvalue weighted by molar-refractivity contribution is 7.89. The highest BCUT2D eigenvalue weighted by atomic mass is 32.2. The molecule has 1 fully saturated rings. The van der Waals surface area contributed by atoms with E-state index >= 15 is 0 Å². The molecule has 1 aliphatic carbocycles. The summed E-state index contributed by atoms with van der Waals surface area (Å²) in [5, 5.41) is 8.90. The summed E-state index contributed by atoms with van der Waals surface area (Å²) >= 11 is 0.967.